The minimum absolute atomic E-state index is 0.228. The van der Waals surface area contributed by atoms with Crippen LogP contribution in [0.15, 0.2) is 0 Å². The Kier molecular flexibility index (Phi) is 5.54. The molecule has 1 heterocycles. The van der Waals surface area contributed by atoms with Crippen molar-refractivity contribution in [3.63, 3.8) is 0 Å². The summed E-state index contributed by atoms with van der Waals surface area (Å²) in [6.07, 6.45) is 6.54. The van der Waals surface area contributed by atoms with Crippen molar-refractivity contribution in [3.05, 3.63) is 0 Å². The van der Waals surface area contributed by atoms with Gasteiger partial charge in [-0.1, -0.05) is 19.3 Å². The Morgan fingerprint density at radius 2 is 1.82 bits per heavy atom. The number of rotatable bonds is 5. The zero-order valence-electron chi connectivity index (χ0n) is 10.7. The van der Waals surface area contributed by atoms with Crippen molar-refractivity contribution in [1.29, 1.82) is 0 Å². The molecule has 0 aromatic carbocycles. The number of hydrogen-bond acceptors (Lipinski definition) is 3. The van der Waals surface area contributed by atoms with Crippen LogP contribution in [0.5, 0.6) is 0 Å². The van der Waals surface area contributed by atoms with Crippen LogP contribution in [0.4, 0.5) is 0 Å². The molecule has 0 aromatic heterocycles. The maximum Gasteiger partial charge on any atom is 0.0594 e. The minimum atomic E-state index is 0.228. The third kappa shape index (κ3) is 4.09. The molecule has 3 nitrogen and oxygen atoms in total. The summed E-state index contributed by atoms with van der Waals surface area (Å²) in [6, 6.07) is 0. The molecule has 0 amide bonds. The Labute approximate surface area is 110 Å². The lowest BCUT2D eigenvalue weighted by Crippen LogP contribution is -2.51. The van der Waals surface area contributed by atoms with Gasteiger partial charge in [-0.05, 0) is 12.8 Å². The van der Waals surface area contributed by atoms with E-state index in [2.05, 4.69) is 10.2 Å². The van der Waals surface area contributed by atoms with Gasteiger partial charge < -0.3 is 10.1 Å². The lowest BCUT2D eigenvalue weighted by molar-refractivity contribution is 0.0372. The van der Waals surface area contributed by atoms with Gasteiger partial charge in [-0.3, -0.25) is 4.90 Å². The predicted octanol–water partition coefficient (Wildman–Crippen LogP) is 1.85. The van der Waals surface area contributed by atoms with Crippen molar-refractivity contribution in [2.75, 3.05) is 45.3 Å². The zero-order chi connectivity index (χ0) is 12.0. The molecule has 2 rings (SSSR count). The Morgan fingerprint density at radius 1 is 1.12 bits per heavy atom. The first-order valence-corrected chi connectivity index (χ1v) is 7.49. The summed E-state index contributed by atoms with van der Waals surface area (Å²) >= 11 is 6.16. The molecular formula is C13H25ClN2O. The fourth-order valence-electron chi connectivity index (χ4n) is 2.89. The lowest BCUT2D eigenvalue weighted by Gasteiger charge is -2.37. The van der Waals surface area contributed by atoms with E-state index < -0.39 is 0 Å². The number of hydrogen-bond donors (Lipinski definition) is 1. The van der Waals surface area contributed by atoms with Gasteiger partial charge in [-0.15, -0.1) is 11.6 Å². The van der Waals surface area contributed by atoms with E-state index in [1.807, 2.05) is 0 Å². The van der Waals surface area contributed by atoms with Crippen molar-refractivity contribution in [2.24, 2.45) is 0 Å². The fourth-order valence-corrected chi connectivity index (χ4v) is 3.25. The number of alkyl halides is 1. The standard InChI is InChI=1S/C13H25ClN2O/c14-12-13(4-2-1-3-5-13)15-6-7-16-8-10-17-11-9-16/h15H,1-12H2. The van der Waals surface area contributed by atoms with Gasteiger partial charge in [-0.25, -0.2) is 0 Å². The number of ether oxygens (including phenoxy) is 1. The second kappa shape index (κ2) is 6.93. The molecule has 1 aliphatic carbocycles. The van der Waals surface area contributed by atoms with Gasteiger partial charge in [-0.2, -0.15) is 0 Å². The van der Waals surface area contributed by atoms with Crippen LogP contribution < -0.4 is 5.32 Å². The summed E-state index contributed by atoms with van der Waals surface area (Å²) in [5, 5.41) is 3.72. The topological polar surface area (TPSA) is 24.5 Å². The summed E-state index contributed by atoms with van der Waals surface area (Å²) in [6.45, 7) is 6.13. The molecule has 100 valence electrons. The molecule has 2 fully saturated rings. The highest BCUT2D eigenvalue weighted by molar-refractivity contribution is 6.18. The first-order valence-electron chi connectivity index (χ1n) is 6.96. The van der Waals surface area contributed by atoms with Crippen LogP contribution >= 0.6 is 11.6 Å². The quantitative estimate of drug-likeness (QED) is 0.764. The van der Waals surface area contributed by atoms with Gasteiger partial charge in [0.2, 0.25) is 0 Å². The van der Waals surface area contributed by atoms with E-state index in [1.54, 1.807) is 0 Å². The molecule has 1 saturated heterocycles. The molecule has 1 aliphatic heterocycles. The molecule has 0 unspecified atom stereocenters. The maximum atomic E-state index is 6.16. The van der Waals surface area contributed by atoms with E-state index in [-0.39, 0.29) is 5.54 Å². The van der Waals surface area contributed by atoms with Gasteiger partial charge in [0.25, 0.3) is 0 Å². The van der Waals surface area contributed by atoms with Gasteiger partial charge in [0.05, 0.1) is 13.2 Å². The molecule has 0 aromatic rings. The SMILES string of the molecule is ClCC1(NCCN2CCOCC2)CCCCC1. The van der Waals surface area contributed by atoms with Gasteiger partial charge in [0.1, 0.15) is 0 Å². The predicted molar refractivity (Wildman–Crippen MR) is 71.8 cm³/mol. The summed E-state index contributed by atoms with van der Waals surface area (Å²) in [7, 11) is 0. The van der Waals surface area contributed by atoms with Crippen LogP contribution in [-0.2, 0) is 4.74 Å². The highest BCUT2D eigenvalue weighted by atomic mass is 35.5. The zero-order valence-corrected chi connectivity index (χ0v) is 11.5. The van der Waals surface area contributed by atoms with Crippen LogP contribution in [0.25, 0.3) is 0 Å². The molecule has 1 N–H and O–H groups in total. The number of morpholine rings is 1. The second-order valence-electron chi connectivity index (χ2n) is 5.36. The third-order valence-electron chi connectivity index (χ3n) is 4.10. The van der Waals surface area contributed by atoms with Crippen LogP contribution in [0.1, 0.15) is 32.1 Å². The van der Waals surface area contributed by atoms with E-state index in [1.165, 1.54) is 32.1 Å². The molecule has 0 spiro atoms. The lowest BCUT2D eigenvalue weighted by atomic mass is 9.83. The van der Waals surface area contributed by atoms with Crippen LogP contribution in [-0.4, -0.2) is 55.7 Å². The smallest absolute Gasteiger partial charge is 0.0594 e. The average Bonchev–Trinajstić information content (AvgIpc) is 2.41. The van der Waals surface area contributed by atoms with Crippen molar-refractivity contribution in [1.82, 2.24) is 10.2 Å². The molecule has 4 heteroatoms. The normalized spacial score (nSPS) is 25.9. The van der Waals surface area contributed by atoms with Crippen LogP contribution in [0, 0.1) is 0 Å². The Morgan fingerprint density at radius 3 is 2.47 bits per heavy atom. The molecule has 1 saturated carbocycles. The molecule has 0 radical (unpaired) electrons. The Balaban J connectivity index is 1.68. The summed E-state index contributed by atoms with van der Waals surface area (Å²) in [5.41, 5.74) is 0.228. The minimum Gasteiger partial charge on any atom is -0.379 e. The second-order valence-corrected chi connectivity index (χ2v) is 5.62. The summed E-state index contributed by atoms with van der Waals surface area (Å²) in [4.78, 5) is 2.47. The van der Waals surface area contributed by atoms with Crippen molar-refractivity contribution >= 4 is 11.6 Å². The maximum absolute atomic E-state index is 6.16. The highest BCUT2D eigenvalue weighted by Crippen LogP contribution is 2.29. The first-order chi connectivity index (χ1) is 8.35. The number of halogens is 1. The third-order valence-corrected chi connectivity index (χ3v) is 4.61. The van der Waals surface area contributed by atoms with Gasteiger partial charge >= 0.3 is 0 Å². The van der Waals surface area contributed by atoms with Gasteiger partial charge in [0.15, 0.2) is 0 Å². The Bertz CT molecular complexity index is 213. The van der Waals surface area contributed by atoms with Crippen molar-refractivity contribution in [2.45, 2.75) is 37.6 Å². The number of nitrogens with zero attached hydrogens (tertiary/aromatic N) is 1. The fraction of sp³-hybridized carbons (Fsp3) is 1.00. The number of nitrogens with one attached hydrogen (secondary N) is 1. The van der Waals surface area contributed by atoms with Crippen LogP contribution in [0.2, 0.25) is 0 Å². The molecule has 0 atom stereocenters. The highest BCUT2D eigenvalue weighted by Gasteiger charge is 2.30. The molecule has 17 heavy (non-hydrogen) atoms. The molecule has 0 bridgehead atoms. The van der Waals surface area contributed by atoms with Gasteiger partial charge in [0, 0.05) is 37.6 Å². The van der Waals surface area contributed by atoms with Crippen molar-refractivity contribution in [3.8, 4) is 0 Å². The summed E-state index contributed by atoms with van der Waals surface area (Å²) < 4.78 is 5.35. The molecule has 2 aliphatic rings. The first kappa shape index (κ1) is 13.6. The van der Waals surface area contributed by atoms with E-state index in [9.17, 15) is 0 Å². The van der Waals surface area contributed by atoms with Crippen LogP contribution in [0.3, 0.4) is 0 Å². The van der Waals surface area contributed by atoms with E-state index in [0.717, 1.165) is 45.3 Å². The van der Waals surface area contributed by atoms with E-state index in [0.29, 0.717) is 0 Å². The Hall–Kier alpha value is 0.170. The average molecular weight is 261 g/mol. The monoisotopic (exact) mass is 260 g/mol. The van der Waals surface area contributed by atoms with E-state index >= 15 is 0 Å². The van der Waals surface area contributed by atoms with E-state index in [4.69, 9.17) is 16.3 Å². The largest absolute Gasteiger partial charge is 0.379 e. The van der Waals surface area contributed by atoms with Crippen molar-refractivity contribution < 1.29 is 4.74 Å². The molecular weight excluding hydrogens is 236 g/mol. The summed E-state index contributed by atoms with van der Waals surface area (Å²) in [5.74, 6) is 0.760.